The third-order valence-electron chi connectivity index (χ3n) is 7.37. The lowest BCUT2D eigenvalue weighted by molar-refractivity contribution is 0.0474. The number of ether oxygens (including phenoxy) is 2. The average molecular weight is 453 g/mol. The predicted molar refractivity (Wildman–Crippen MR) is 126 cm³/mol. The van der Waals surface area contributed by atoms with Gasteiger partial charge in [0.2, 0.25) is 0 Å². The lowest BCUT2D eigenvalue weighted by atomic mass is 9.73. The number of alkyl carbamates (subject to hydrolysis) is 2. The lowest BCUT2D eigenvalue weighted by Gasteiger charge is -2.35. The highest BCUT2D eigenvalue weighted by atomic mass is 28.3. The molecule has 0 aliphatic heterocycles. The quantitative estimate of drug-likeness (QED) is 0.459. The van der Waals surface area contributed by atoms with Crippen LogP contribution in [0.15, 0.2) is 0 Å². The zero-order valence-corrected chi connectivity index (χ0v) is 21.5. The number of amides is 2. The van der Waals surface area contributed by atoms with Crippen LogP contribution in [0.5, 0.6) is 0 Å². The summed E-state index contributed by atoms with van der Waals surface area (Å²) in [7, 11) is -1.18. The van der Waals surface area contributed by atoms with Gasteiger partial charge in [0.1, 0.15) is 5.60 Å². The van der Waals surface area contributed by atoms with Crippen molar-refractivity contribution in [2.75, 3.05) is 13.2 Å². The van der Waals surface area contributed by atoms with E-state index in [-0.39, 0.29) is 18.2 Å². The summed E-state index contributed by atoms with van der Waals surface area (Å²) in [6.07, 6.45) is 6.41. The molecule has 2 amide bonds. The van der Waals surface area contributed by atoms with Gasteiger partial charge in [0, 0.05) is 27.1 Å². The summed E-state index contributed by atoms with van der Waals surface area (Å²) in [6.45, 7) is 13.5. The summed E-state index contributed by atoms with van der Waals surface area (Å²) in [6, 6.07) is 1.02. The minimum Gasteiger partial charge on any atom is -0.449 e. The van der Waals surface area contributed by atoms with Gasteiger partial charge < -0.3 is 20.1 Å². The van der Waals surface area contributed by atoms with E-state index in [9.17, 15) is 9.59 Å². The summed E-state index contributed by atoms with van der Waals surface area (Å²) in [4.78, 5) is 24.5. The number of carbonyl (C=O) groups excluding carboxylic acids is 2. The van der Waals surface area contributed by atoms with Gasteiger partial charge in [-0.25, -0.2) is 9.59 Å². The smallest absolute Gasteiger partial charge is 0.407 e. The molecule has 4 bridgehead atoms. The first-order valence-electron chi connectivity index (χ1n) is 12.3. The second-order valence-electron chi connectivity index (χ2n) is 12.4. The van der Waals surface area contributed by atoms with Crippen LogP contribution in [0.3, 0.4) is 0 Å². The maximum atomic E-state index is 12.4. The fourth-order valence-electron chi connectivity index (χ4n) is 6.18. The molecule has 31 heavy (non-hydrogen) atoms. The minimum atomic E-state index is -1.18. The molecule has 4 rings (SSSR count). The van der Waals surface area contributed by atoms with Crippen LogP contribution in [0.2, 0.25) is 25.7 Å². The molecule has 4 aliphatic carbocycles. The highest BCUT2D eigenvalue weighted by molar-refractivity contribution is 6.76. The summed E-state index contributed by atoms with van der Waals surface area (Å²) < 4.78 is 10.9. The van der Waals surface area contributed by atoms with Crippen molar-refractivity contribution in [1.29, 1.82) is 0 Å². The van der Waals surface area contributed by atoms with Crippen molar-refractivity contribution in [3.05, 3.63) is 0 Å². The molecule has 0 saturated heterocycles. The van der Waals surface area contributed by atoms with E-state index in [0.717, 1.165) is 36.1 Å². The van der Waals surface area contributed by atoms with Crippen molar-refractivity contribution >= 4 is 20.3 Å². The van der Waals surface area contributed by atoms with E-state index in [4.69, 9.17) is 9.47 Å². The Labute approximate surface area is 189 Å². The number of nitrogens with one attached hydrogen (secondary N) is 2. The molecule has 0 heterocycles. The Bertz CT molecular complexity index is 638. The SMILES string of the molecule is CC(C)(C)OC(=O)N[C@H](CCOC(=O)NCC[Si](C)(C)C)C[C@H]1[C@H]2C[C@@H]3C[C@@H](C2)[C@@H]1C3. The van der Waals surface area contributed by atoms with Gasteiger partial charge in [-0.1, -0.05) is 19.6 Å². The minimum absolute atomic E-state index is 0.0203. The van der Waals surface area contributed by atoms with E-state index in [1.165, 1.54) is 25.7 Å². The van der Waals surface area contributed by atoms with Crippen molar-refractivity contribution in [2.45, 2.75) is 96.6 Å². The number of rotatable bonds is 9. The molecule has 0 aromatic rings. The Balaban J connectivity index is 1.49. The molecule has 2 N–H and O–H groups in total. The summed E-state index contributed by atoms with van der Waals surface area (Å²) in [5, 5.41) is 5.95. The number of hydrogen-bond donors (Lipinski definition) is 2. The van der Waals surface area contributed by atoms with Crippen LogP contribution in [-0.2, 0) is 9.47 Å². The molecule has 7 heteroatoms. The predicted octanol–water partition coefficient (Wildman–Crippen LogP) is 5.41. The van der Waals surface area contributed by atoms with Crippen LogP contribution in [0.4, 0.5) is 9.59 Å². The first-order chi connectivity index (χ1) is 14.4. The largest absolute Gasteiger partial charge is 0.449 e. The van der Waals surface area contributed by atoms with E-state index in [0.29, 0.717) is 25.5 Å². The molecule has 6 nitrogen and oxygen atoms in total. The Hall–Kier alpha value is -1.24. The Morgan fingerprint density at radius 3 is 2.39 bits per heavy atom. The second-order valence-corrected chi connectivity index (χ2v) is 18.0. The maximum Gasteiger partial charge on any atom is 0.407 e. The average Bonchev–Trinajstić information content (AvgIpc) is 3.00. The third-order valence-corrected chi connectivity index (χ3v) is 9.12. The van der Waals surface area contributed by atoms with Crippen LogP contribution in [0.1, 0.15) is 59.3 Å². The highest BCUT2D eigenvalue weighted by Gasteiger charge is 2.53. The van der Waals surface area contributed by atoms with E-state index in [1.54, 1.807) is 0 Å². The maximum absolute atomic E-state index is 12.4. The van der Waals surface area contributed by atoms with Crippen LogP contribution in [0.25, 0.3) is 0 Å². The third kappa shape index (κ3) is 7.40. The fraction of sp³-hybridized carbons (Fsp3) is 0.917. The summed E-state index contributed by atoms with van der Waals surface area (Å²) in [5.74, 6) is 4.19. The molecular formula is C24H44N2O4Si. The Morgan fingerprint density at radius 1 is 1.03 bits per heavy atom. The fourth-order valence-corrected chi connectivity index (χ4v) is 7.06. The van der Waals surface area contributed by atoms with Gasteiger partial charge in [0.25, 0.3) is 0 Å². The van der Waals surface area contributed by atoms with E-state index >= 15 is 0 Å². The van der Waals surface area contributed by atoms with Crippen molar-refractivity contribution in [3.63, 3.8) is 0 Å². The second kappa shape index (κ2) is 9.71. The first kappa shape index (κ1) is 24.4. The molecule has 0 unspecified atom stereocenters. The molecule has 4 fully saturated rings. The van der Waals surface area contributed by atoms with Crippen molar-refractivity contribution in [2.24, 2.45) is 29.6 Å². The van der Waals surface area contributed by atoms with Gasteiger partial charge in [-0.05, 0) is 88.5 Å². The highest BCUT2D eigenvalue weighted by Crippen LogP contribution is 2.62. The standard InChI is InChI=1S/C24H44N2O4Si/c1-24(2,3)30-23(28)26-19(7-9-29-22(27)25-8-10-31(4,5)6)15-21-18-12-16-11-17(14-18)20(21)13-16/h16-21H,7-15H2,1-6H3,(H,25,27)(H,26,28)/t16-,17-,18-,19+,20-,21-/m0/s1. The van der Waals surface area contributed by atoms with Crippen molar-refractivity contribution in [1.82, 2.24) is 10.6 Å². The zero-order valence-electron chi connectivity index (χ0n) is 20.5. The van der Waals surface area contributed by atoms with Crippen LogP contribution < -0.4 is 10.6 Å². The lowest BCUT2D eigenvalue weighted by Crippen LogP contribution is -2.42. The van der Waals surface area contributed by atoms with Gasteiger partial charge in [-0.15, -0.1) is 0 Å². The molecule has 0 aromatic heterocycles. The molecule has 178 valence electrons. The monoisotopic (exact) mass is 452 g/mol. The molecule has 6 atom stereocenters. The summed E-state index contributed by atoms with van der Waals surface area (Å²) in [5.41, 5.74) is -0.521. The topological polar surface area (TPSA) is 76.7 Å². The van der Waals surface area contributed by atoms with Crippen LogP contribution in [-0.4, -0.2) is 45.1 Å². The van der Waals surface area contributed by atoms with E-state index in [2.05, 4.69) is 30.3 Å². The van der Waals surface area contributed by atoms with Gasteiger partial charge in [0.05, 0.1) is 6.61 Å². The van der Waals surface area contributed by atoms with E-state index in [1.807, 2.05) is 20.8 Å². The Kier molecular flexibility index (Phi) is 7.65. The summed E-state index contributed by atoms with van der Waals surface area (Å²) >= 11 is 0. The molecule has 0 spiro atoms. The van der Waals surface area contributed by atoms with Crippen molar-refractivity contribution < 1.29 is 19.1 Å². The number of carbonyl (C=O) groups is 2. The van der Waals surface area contributed by atoms with Crippen molar-refractivity contribution in [3.8, 4) is 0 Å². The molecular weight excluding hydrogens is 408 g/mol. The first-order valence-corrected chi connectivity index (χ1v) is 16.0. The molecule has 4 saturated carbocycles. The zero-order chi connectivity index (χ0) is 22.8. The van der Waals surface area contributed by atoms with Gasteiger partial charge >= 0.3 is 12.2 Å². The molecule has 0 radical (unpaired) electrons. The number of hydrogen-bond acceptors (Lipinski definition) is 4. The molecule has 0 aromatic carbocycles. The van der Waals surface area contributed by atoms with Gasteiger partial charge in [-0.3, -0.25) is 0 Å². The molecule has 4 aliphatic rings. The van der Waals surface area contributed by atoms with Gasteiger partial charge in [0.15, 0.2) is 0 Å². The van der Waals surface area contributed by atoms with Gasteiger partial charge in [-0.2, -0.15) is 0 Å². The normalized spacial score (nSPS) is 30.2. The van der Waals surface area contributed by atoms with Crippen LogP contribution >= 0.6 is 0 Å². The van der Waals surface area contributed by atoms with E-state index < -0.39 is 13.7 Å². The Morgan fingerprint density at radius 2 is 1.74 bits per heavy atom. The van der Waals surface area contributed by atoms with Crippen LogP contribution in [0, 0.1) is 29.6 Å².